The highest BCUT2D eigenvalue weighted by Gasteiger charge is 2.30. The first-order valence-electron chi connectivity index (χ1n) is 7.11. The minimum absolute atomic E-state index is 0.0376. The van der Waals surface area contributed by atoms with Crippen molar-refractivity contribution in [3.05, 3.63) is 29.0 Å². The summed E-state index contributed by atoms with van der Waals surface area (Å²) in [7, 11) is 0. The van der Waals surface area contributed by atoms with E-state index in [0.717, 1.165) is 5.56 Å². The third-order valence-electron chi connectivity index (χ3n) is 3.13. The van der Waals surface area contributed by atoms with Crippen molar-refractivity contribution < 1.29 is 14.3 Å². The van der Waals surface area contributed by atoms with Gasteiger partial charge in [0, 0.05) is 25.8 Å². The van der Waals surface area contributed by atoms with E-state index in [2.05, 4.69) is 4.98 Å². The molecule has 1 saturated heterocycles. The summed E-state index contributed by atoms with van der Waals surface area (Å²) >= 11 is 5.74. The van der Waals surface area contributed by atoms with Crippen LogP contribution in [0.15, 0.2) is 18.3 Å². The van der Waals surface area contributed by atoms with Crippen molar-refractivity contribution in [3.8, 4) is 0 Å². The van der Waals surface area contributed by atoms with Crippen LogP contribution in [-0.4, -0.2) is 52.0 Å². The second kappa shape index (κ2) is 6.52. The summed E-state index contributed by atoms with van der Waals surface area (Å²) in [5, 5.41) is 0.421. The van der Waals surface area contributed by atoms with Gasteiger partial charge in [0.15, 0.2) is 0 Å². The Labute approximate surface area is 135 Å². The van der Waals surface area contributed by atoms with Crippen molar-refractivity contribution >= 4 is 23.6 Å². The molecular weight excluding hydrogens is 306 g/mol. The molecule has 2 rings (SSSR count). The average Bonchev–Trinajstić information content (AvgIpc) is 2.41. The molecule has 6 nitrogen and oxygen atoms in total. The third-order valence-corrected chi connectivity index (χ3v) is 3.36. The lowest BCUT2D eigenvalue weighted by Gasteiger charge is -2.35. The van der Waals surface area contributed by atoms with Crippen molar-refractivity contribution in [2.45, 2.75) is 32.9 Å². The molecule has 0 atom stereocenters. The molecule has 120 valence electrons. The van der Waals surface area contributed by atoms with Gasteiger partial charge in [0.1, 0.15) is 17.3 Å². The normalized spacial score (nSPS) is 15.9. The summed E-state index contributed by atoms with van der Waals surface area (Å²) in [5.41, 5.74) is 0.343. The van der Waals surface area contributed by atoms with Gasteiger partial charge in [0.05, 0.1) is 0 Å². The van der Waals surface area contributed by atoms with E-state index in [1.807, 2.05) is 6.07 Å². The largest absolute Gasteiger partial charge is 0.444 e. The average molecular weight is 326 g/mol. The molecule has 2 amide bonds. The van der Waals surface area contributed by atoms with Gasteiger partial charge in [-0.15, -0.1) is 0 Å². The summed E-state index contributed by atoms with van der Waals surface area (Å²) in [5.74, 6) is -0.105. The lowest BCUT2D eigenvalue weighted by Crippen LogP contribution is -2.52. The van der Waals surface area contributed by atoms with Crippen LogP contribution in [0.2, 0.25) is 5.15 Å². The highest BCUT2D eigenvalue weighted by atomic mass is 35.5. The Morgan fingerprint density at radius 1 is 1.36 bits per heavy atom. The standard InChI is InChI=1S/C15H20ClN3O3/c1-15(2,3)22-14(21)19-7-6-18(13(20)10-19)9-11-4-5-12(16)17-8-11/h4-5,8H,6-7,9-10H2,1-3H3. The number of hydrogen-bond donors (Lipinski definition) is 0. The summed E-state index contributed by atoms with van der Waals surface area (Å²) in [6, 6.07) is 3.53. The fourth-order valence-electron chi connectivity index (χ4n) is 2.08. The van der Waals surface area contributed by atoms with Gasteiger partial charge < -0.3 is 9.64 Å². The van der Waals surface area contributed by atoms with Crippen LogP contribution in [0.25, 0.3) is 0 Å². The molecule has 22 heavy (non-hydrogen) atoms. The Kier molecular flexibility index (Phi) is 4.90. The number of halogens is 1. The summed E-state index contributed by atoms with van der Waals surface area (Å²) < 4.78 is 5.28. The molecule has 0 aliphatic carbocycles. The smallest absolute Gasteiger partial charge is 0.410 e. The number of rotatable bonds is 2. The first kappa shape index (κ1) is 16.5. The Balaban J connectivity index is 1.91. The SMILES string of the molecule is CC(C)(C)OC(=O)N1CCN(Cc2ccc(Cl)nc2)C(=O)C1. The van der Waals surface area contributed by atoms with Crippen molar-refractivity contribution in [2.75, 3.05) is 19.6 Å². The minimum Gasteiger partial charge on any atom is -0.444 e. The molecule has 0 unspecified atom stereocenters. The summed E-state index contributed by atoms with van der Waals surface area (Å²) in [4.78, 5) is 31.3. The van der Waals surface area contributed by atoms with Crippen molar-refractivity contribution in [1.29, 1.82) is 0 Å². The van der Waals surface area contributed by atoms with Crippen molar-refractivity contribution in [3.63, 3.8) is 0 Å². The van der Waals surface area contributed by atoms with E-state index in [9.17, 15) is 9.59 Å². The van der Waals surface area contributed by atoms with Gasteiger partial charge in [-0.2, -0.15) is 0 Å². The quantitative estimate of drug-likeness (QED) is 0.783. The molecule has 0 N–H and O–H groups in total. The number of piperazine rings is 1. The van der Waals surface area contributed by atoms with Gasteiger partial charge in [-0.05, 0) is 32.4 Å². The van der Waals surface area contributed by atoms with Crippen LogP contribution >= 0.6 is 11.6 Å². The van der Waals surface area contributed by atoms with Gasteiger partial charge in [-0.3, -0.25) is 9.69 Å². The zero-order chi connectivity index (χ0) is 16.3. The first-order valence-corrected chi connectivity index (χ1v) is 7.48. The van der Waals surface area contributed by atoms with Crippen LogP contribution in [0.4, 0.5) is 4.79 Å². The summed E-state index contributed by atoms with van der Waals surface area (Å²) in [6.45, 7) is 6.84. The Bertz CT molecular complexity index is 554. The number of amides is 2. The number of aromatic nitrogens is 1. The molecule has 0 radical (unpaired) electrons. The molecule has 0 bridgehead atoms. The second-order valence-corrected chi connectivity index (χ2v) is 6.59. The maximum absolute atomic E-state index is 12.2. The Morgan fingerprint density at radius 2 is 2.09 bits per heavy atom. The van der Waals surface area contributed by atoms with Gasteiger partial charge >= 0.3 is 6.09 Å². The van der Waals surface area contributed by atoms with E-state index in [-0.39, 0.29) is 12.5 Å². The number of carbonyl (C=O) groups is 2. The van der Waals surface area contributed by atoms with E-state index < -0.39 is 11.7 Å². The summed E-state index contributed by atoms with van der Waals surface area (Å²) in [6.07, 6.45) is 1.20. The fourth-order valence-corrected chi connectivity index (χ4v) is 2.19. The maximum atomic E-state index is 12.2. The highest BCUT2D eigenvalue weighted by Crippen LogP contribution is 2.14. The van der Waals surface area contributed by atoms with Crippen LogP contribution < -0.4 is 0 Å². The fraction of sp³-hybridized carbons (Fsp3) is 0.533. The predicted octanol–water partition coefficient (Wildman–Crippen LogP) is 2.31. The molecule has 0 saturated carbocycles. The minimum atomic E-state index is -0.563. The number of ether oxygens (including phenoxy) is 1. The zero-order valence-corrected chi connectivity index (χ0v) is 13.8. The van der Waals surface area contributed by atoms with Gasteiger partial charge in [-0.25, -0.2) is 9.78 Å². The van der Waals surface area contributed by atoms with E-state index in [4.69, 9.17) is 16.3 Å². The van der Waals surface area contributed by atoms with Gasteiger partial charge in [-0.1, -0.05) is 17.7 Å². The number of nitrogens with zero attached hydrogens (tertiary/aromatic N) is 3. The Morgan fingerprint density at radius 3 is 2.64 bits per heavy atom. The van der Waals surface area contributed by atoms with E-state index in [0.29, 0.717) is 24.8 Å². The first-order chi connectivity index (χ1) is 10.2. The molecule has 1 aromatic heterocycles. The zero-order valence-electron chi connectivity index (χ0n) is 13.0. The Hall–Kier alpha value is -1.82. The number of hydrogen-bond acceptors (Lipinski definition) is 4. The predicted molar refractivity (Wildman–Crippen MR) is 82.5 cm³/mol. The lowest BCUT2D eigenvalue weighted by atomic mass is 10.2. The number of carbonyl (C=O) groups excluding carboxylic acids is 2. The molecule has 1 aliphatic rings. The second-order valence-electron chi connectivity index (χ2n) is 6.21. The van der Waals surface area contributed by atoms with Crippen LogP contribution in [0, 0.1) is 0 Å². The molecule has 2 heterocycles. The molecule has 0 aromatic carbocycles. The molecule has 1 aliphatic heterocycles. The molecule has 0 spiro atoms. The maximum Gasteiger partial charge on any atom is 0.410 e. The highest BCUT2D eigenvalue weighted by molar-refractivity contribution is 6.29. The van der Waals surface area contributed by atoms with E-state index in [1.54, 1.807) is 37.9 Å². The van der Waals surface area contributed by atoms with Crippen LogP contribution in [0.1, 0.15) is 26.3 Å². The van der Waals surface area contributed by atoms with E-state index >= 15 is 0 Å². The third kappa shape index (κ3) is 4.59. The topological polar surface area (TPSA) is 62.7 Å². The van der Waals surface area contributed by atoms with E-state index in [1.165, 1.54) is 4.90 Å². The van der Waals surface area contributed by atoms with Gasteiger partial charge in [0.25, 0.3) is 0 Å². The van der Waals surface area contributed by atoms with Crippen LogP contribution in [0.3, 0.4) is 0 Å². The molecule has 1 aromatic rings. The van der Waals surface area contributed by atoms with Crippen molar-refractivity contribution in [2.24, 2.45) is 0 Å². The molecule has 7 heteroatoms. The van der Waals surface area contributed by atoms with Crippen LogP contribution in [0.5, 0.6) is 0 Å². The van der Waals surface area contributed by atoms with Crippen molar-refractivity contribution in [1.82, 2.24) is 14.8 Å². The monoisotopic (exact) mass is 325 g/mol. The number of pyridine rings is 1. The van der Waals surface area contributed by atoms with Gasteiger partial charge in [0.2, 0.25) is 5.91 Å². The molecular formula is C15H20ClN3O3. The molecule has 1 fully saturated rings. The van der Waals surface area contributed by atoms with Crippen LogP contribution in [-0.2, 0) is 16.1 Å². The lowest BCUT2D eigenvalue weighted by molar-refractivity contribution is -0.136.